The number of amides is 1. The van der Waals surface area contributed by atoms with Crippen LogP contribution in [0.3, 0.4) is 0 Å². The summed E-state index contributed by atoms with van der Waals surface area (Å²) in [7, 11) is 1.79. The third-order valence-corrected chi connectivity index (χ3v) is 2.85. The highest BCUT2D eigenvalue weighted by Gasteiger charge is 2.30. The Kier molecular flexibility index (Phi) is 3.81. The highest BCUT2D eigenvalue weighted by atomic mass is 16.4. The van der Waals surface area contributed by atoms with Gasteiger partial charge in [-0.2, -0.15) is 0 Å². The number of anilines is 1. The highest BCUT2D eigenvalue weighted by molar-refractivity contribution is 5.85. The van der Waals surface area contributed by atoms with Crippen LogP contribution in [0.2, 0.25) is 0 Å². The normalized spacial score (nSPS) is 19.9. The van der Waals surface area contributed by atoms with Gasteiger partial charge in [-0.05, 0) is 6.42 Å². The number of rotatable bonds is 5. The Morgan fingerprint density at radius 3 is 2.89 bits per heavy atom. The van der Waals surface area contributed by atoms with Crippen molar-refractivity contribution in [1.29, 1.82) is 0 Å². The minimum atomic E-state index is -0.249. The summed E-state index contributed by atoms with van der Waals surface area (Å²) in [6.45, 7) is 5.38. The lowest BCUT2D eigenvalue weighted by molar-refractivity contribution is -0.127. The molecular weight excluding hydrogens is 234 g/mol. The van der Waals surface area contributed by atoms with Crippen LogP contribution in [-0.2, 0) is 11.3 Å². The van der Waals surface area contributed by atoms with Crippen LogP contribution in [0.5, 0.6) is 0 Å². The van der Waals surface area contributed by atoms with E-state index >= 15 is 0 Å². The highest BCUT2D eigenvalue weighted by Crippen LogP contribution is 2.14. The lowest BCUT2D eigenvalue weighted by atomic mass is 10.2. The summed E-state index contributed by atoms with van der Waals surface area (Å²) >= 11 is 0. The van der Waals surface area contributed by atoms with E-state index in [0.29, 0.717) is 24.5 Å². The van der Waals surface area contributed by atoms with Crippen LogP contribution < -0.4 is 10.6 Å². The van der Waals surface area contributed by atoms with Crippen molar-refractivity contribution in [3.05, 3.63) is 5.89 Å². The molecule has 1 aromatic heterocycles. The summed E-state index contributed by atoms with van der Waals surface area (Å²) in [6.07, 6.45) is 0.761. The minimum Gasteiger partial charge on any atom is -0.407 e. The number of nitrogens with one attached hydrogen (secondary N) is 2. The van der Waals surface area contributed by atoms with Gasteiger partial charge in [0.2, 0.25) is 11.8 Å². The second-order valence-electron chi connectivity index (χ2n) is 4.78. The van der Waals surface area contributed by atoms with Gasteiger partial charge in [-0.25, -0.2) is 0 Å². The first kappa shape index (κ1) is 12.8. The van der Waals surface area contributed by atoms with E-state index in [4.69, 9.17) is 4.42 Å². The van der Waals surface area contributed by atoms with Crippen molar-refractivity contribution in [2.75, 3.05) is 18.9 Å². The maximum atomic E-state index is 11.7. The molecule has 0 spiro atoms. The number of hydrogen-bond donors (Lipinski definition) is 2. The van der Waals surface area contributed by atoms with E-state index in [1.54, 1.807) is 11.9 Å². The molecule has 2 heterocycles. The van der Waals surface area contributed by atoms with E-state index < -0.39 is 0 Å². The quantitative estimate of drug-likeness (QED) is 0.780. The Morgan fingerprint density at radius 2 is 2.28 bits per heavy atom. The zero-order valence-electron chi connectivity index (χ0n) is 10.9. The van der Waals surface area contributed by atoms with Crippen LogP contribution in [0.25, 0.3) is 0 Å². The molecule has 100 valence electrons. The first-order valence-electron chi connectivity index (χ1n) is 6.13. The lowest BCUT2D eigenvalue weighted by Gasteiger charge is -2.09. The zero-order valence-corrected chi connectivity index (χ0v) is 10.9. The van der Waals surface area contributed by atoms with Crippen molar-refractivity contribution >= 4 is 11.9 Å². The van der Waals surface area contributed by atoms with E-state index in [9.17, 15) is 4.79 Å². The number of hydrogen-bond acceptors (Lipinski definition) is 6. The number of aromatic nitrogens is 2. The van der Waals surface area contributed by atoms with Crippen molar-refractivity contribution in [3.8, 4) is 0 Å². The Morgan fingerprint density at radius 1 is 1.50 bits per heavy atom. The summed E-state index contributed by atoms with van der Waals surface area (Å²) in [5, 5.41) is 13.9. The lowest BCUT2D eigenvalue weighted by Crippen LogP contribution is -2.31. The van der Waals surface area contributed by atoms with Crippen molar-refractivity contribution in [2.24, 2.45) is 0 Å². The van der Waals surface area contributed by atoms with Gasteiger partial charge >= 0.3 is 6.01 Å². The molecular formula is C11H19N5O2. The van der Waals surface area contributed by atoms with E-state index in [1.165, 1.54) is 0 Å². The van der Waals surface area contributed by atoms with Crippen LogP contribution in [0.1, 0.15) is 26.2 Å². The van der Waals surface area contributed by atoms with E-state index in [-0.39, 0.29) is 11.9 Å². The maximum absolute atomic E-state index is 11.7. The van der Waals surface area contributed by atoms with Gasteiger partial charge < -0.3 is 20.0 Å². The molecule has 0 saturated carbocycles. The van der Waals surface area contributed by atoms with Gasteiger partial charge in [0.25, 0.3) is 0 Å². The first-order valence-corrected chi connectivity index (χ1v) is 6.13. The maximum Gasteiger partial charge on any atom is 0.316 e. The van der Waals surface area contributed by atoms with Gasteiger partial charge in [-0.3, -0.25) is 4.79 Å². The first-order chi connectivity index (χ1) is 8.56. The fourth-order valence-electron chi connectivity index (χ4n) is 1.78. The molecule has 1 aliphatic heterocycles. The number of likely N-dealkylation sites (N-methyl/N-ethyl adjacent to an activating group) is 1. The second kappa shape index (κ2) is 5.34. The third-order valence-electron chi connectivity index (χ3n) is 2.85. The van der Waals surface area contributed by atoms with E-state index in [1.807, 2.05) is 13.8 Å². The average Bonchev–Trinajstić information content (AvgIpc) is 2.89. The Labute approximate surface area is 106 Å². The smallest absolute Gasteiger partial charge is 0.316 e. The fourth-order valence-corrected chi connectivity index (χ4v) is 1.78. The molecule has 2 N–H and O–H groups in total. The summed E-state index contributed by atoms with van der Waals surface area (Å²) in [5.74, 6) is 0.583. The molecule has 0 bridgehead atoms. The Hall–Kier alpha value is -1.63. The van der Waals surface area contributed by atoms with Crippen LogP contribution in [-0.4, -0.2) is 46.7 Å². The third kappa shape index (κ3) is 2.98. The molecule has 0 aliphatic carbocycles. The molecule has 1 atom stereocenters. The van der Waals surface area contributed by atoms with E-state index in [0.717, 1.165) is 13.0 Å². The van der Waals surface area contributed by atoms with Crippen LogP contribution in [0.4, 0.5) is 6.01 Å². The molecule has 1 unspecified atom stereocenters. The number of carbonyl (C=O) groups excluding carboxylic acids is 1. The van der Waals surface area contributed by atoms with Crippen LogP contribution in [0.15, 0.2) is 4.42 Å². The van der Waals surface area contributed by atoms with Gasteiger partial charge in [-0.1, -0.05) is 18.9 Å². The minimum absolute atomic E-state index is 0.0649. The van der Waals surface area contributed by atoms with Crippen molar-refractivity contribution in [1.82, 2.24) is 20.4 Å². The molecule has 18 heavy (non-hydrogen) atoms. The molecule has 1 aliphatic rings. The monoisotopic (exact) mass is 253 g/mol. The number of nitrogens with zero attached hydrogens (tertiary/aromatic N) is 3. The van der Waals surface area contributed by atoms with Crippen LogP contribution >= 0.6 is 0 Å². The van der Waals surface area contributed by atoms with Gasteiger partial charge in [-0.15, -0.1) is 5.10 Å². The van der Waals surface area contributed by atoms with Crippen molar-refractivity contribution in [2.45, 2.75) is 38.9 Å². The molecule has 0 aromatic carbocycles. The molecule has 7 nitrogen and oxygen atoms in total. The summed E-state index contributed by atoms with van der Waals surface area (Å²) in [5.41, 5.74) is 0. The largest absolute Gasteiger partial charge is 0.407 e. The number of carbonyl (C=O) groups is 1. The Balaban J connectivity index is 1.89. The van der Waals surface area contributed by atoms with Gasteiger partial charge in [0.05, 0.1) is 6.54 Å². The van der Waals surface area contributed by atoms with Crippen molar-refractivity contribution < 1.29 is 9.21 Å². The Bertz CT molecular complexity index is 417. The van der Waals surface area contributed by atoms with Gasteiger partial charge in [0.1, 0.15) is 6.04 Å². The standard InChI is InChI=1S/C11H19N5O2/c1-7(2)12-6-9-14-15-11(18-9)13-8-4-5-16(3)10(8)17/h7-8,12H,4-6H2,1-3H3,(H,13,15). The molecule has 2 rings (SSSR count). The topological polar surface area (TPSA) is 83.3 Å². The summed E-state index contributed by atoms with van der Waals surface area (Å²) < 4.78 is 5.41. The predicted molar refractivity (Wildman–Crippen MR) is 65.9 cm³/mol. The molecule has 7 heteroatoms. The molecule has 0 radical (unpaired) electrons. The average molecular weight is 253 g/mol. The molecule has 1 aromatic rings. The second-order valence-corrected chi connectivity index (χ2v) is 4.78. The molecule has 1 saturated heterocycles. The van der Waals surface area contributed by atoms with E-state index in [2.05, 4.69) is 20.8 Å². The number of likely N-dealkylation sites (tertiary alicyclic amines) is 1. The SMILES string of the molecule is CC(C)NCc1nnc(NC2CCN(C)C2=O)o1. The van der Waals surface area contributed by atoms with Gasteiger partial charge in [0, 0.05) is 19.6 Å². The zero-order chi connectivity index (χ0) is 13.1. The van der Waals surface area contributed by atoms with Gasteiger partial charge in [0.15, 0.2) is 0 Å². The molecule has 1 fully saturated rings. The summed E-state index contributed by atoms with van der Waals surface area (Å²) in [4.78, 5) is 13.4. The fraction of sp³-hybridized carbons (Fsp3) is 0.727. The predicted octanol–water partition coefficient (Wildman–Crippen LogP) is 0.210. The van der Waals surface area contributed by atoms with Crippen LogP contribution in [0, 0.1) is 0 Å². The summed E-state index contributed by atoms with van der Waals surface area (Å²) in [6, 6.07) is 0.420. The van der Waals surface area contributed by atoms with Crippen molar-refractivity contribution in [3.63, 3.8) is 0 Å². The molecule has 1 amide bonds.